The second-order valence-corrected chi connectivity index (χ2v) is 5.69. The number of aliphatic imine (C=N–C) groups is 1. The Morgan fingerprint density at radius 3 is 2.82 bits per heavy atom. The quantitative estimate of drug-likeness (QED) is 0.170. The first-order chi connectivity index (χ1) is 13.3. The van der Waals surface area contributed by atoms with Gasteiger partial charge in [-0.15, -0.1) is 29.1 Å². The van der Waals surface area contributed by atoms with E-state index in [2.05, 4.69) is 30.8 Å². The minimum Gasteiger partial charge on any atom is -0.467 e. The number of hydrogen-bond donors (Lipinski definition) is 3. The lowest BCUT2D eigenvalue weighted by Gasteiger charge is -2.10. The molecule has 9 nitrogen and oxygen atoms in total. The predicted molar refractivity (Wildman–Crippen MR) is 115 cm³/mol. The van der Waals surface area contributed by atoms with Crippen LogP contribution in [0, 0.1) is 0 Å². The van der Waals surface area contributed by atoms with Crippen LogP contribution in [0.3, 0.4) is 0 Å². The number of nitrogens with one attached hydrogen (secondary N) is 3. The average molecular weight is 500 g/mol. The SMILES string of the molecule is CCNC(=NCc1nc(-c2ccco2)n[nH]1)NCCCOCc1ccco1.I. The van der Waals surface area contributed by atoms with E-state index >= 15 is 0 Å². The van der Waals surface area contributed by atoms with Gasteiger partial charge in [-0.2, -0.15) is 0 Å². The summed E-state index contributed by atoms with van der Waals surface area (Å²) in [7, 11) is 0. The topological polar surface area (TPSA) is 114 Å². The number of hydrogen-bond acceptors (Lipinski definition) is 6. The van der Waals surface area contributed by atoms with Gasteiger partial charge in [-0.3, -0.25) is 5.10 Å². The summed E-state index contributed by atoms with van der Waals surface area (Å²) in [6.07, 6.45) is 4.09. The van der Waals surface area contributed by atoms with Crippen molar-refractivity contribution in [3.05, 3.63) is 48.4 Å². The van der Waals surface area contributed by atoms with Crippen LogP contribution >= 0.6 is 24.0 Å². The third kappa shape index (κ3) is 7.00. The molecule has 152 valence electrons. The van der Waals surface area contributed by atoms with E-state index < -0.39 is 0 Å². The van der Waals surface area contributed by atoms with Gasteiger partial charge in [0.2, 0.25) is 5.82 Å². The van der Waals surface area contributed by atoms with Crippen molar-refractivity contribution < 1.29 is 13.6 Å². The van der Waals surface area contributed by atoms with Crippen LogP contribution in [0.15, 0.2) is 50.6 Å². The Morgan fingerprint density at radius 1 is 1.21 bits per heavy atom. The molecule has 3 rings (SSSR count). The van der Waals surface area contributed by atoms with Gasteiger partial charge in [-0.25, -0.2) is 9.98 Å². The monoisotopic (exact) mass is 500 g/mol. The molecule has 0 aromatic carbocycles. The van der Waals surface area contributed by atoms with Crippen molar-refractivity contribution in [2.45, 2.75) is 26.5 Å². The van der Waals surface area contributed by atoms with Gasteiger partial charge in [-0.05, 0) is 37.6 Å². The van der Waals surface area contributed by atoms with E-state index in [4.69, 9.17) is 13.6 Å². The molecule has 3 N–H and O–H groups in total. The second-order valence-electron chi connectivity index (χ2n) is 5.69. The standard InChI is InChI=1S/C18H24N6O3.HI/c1-2-19-18(20-8-5-9-25-13-14-6-3-10-26-14)21-12-16-22-17(24-23-16)15-7-4-11-27-15;/h3-4,6-7,10-11H,2,5,8-9,12-13H2,1H3,(H2,19,20,21)(H,22,23,24);1H. The number of H-pyrrole nitrogens is 1. The van der Waals surface area contributed by atoms with Crippen LogP contribution in [0.1, 0.15) is 24.9 Å². The zero-order chi connectivity index (χ0) is 18.7. The highest BCUT2D eigenvalue weighted by Gasteiger charge is 2.08. The van der Waals surface area contributed by atoms with Crippen molar-refractivity contribution in [1.29, 1.82) is 0 Å². The maximum absolute atomic E-state index is 5.56. The van der Waals surface area contributed by atoms with E-state index in [0.717, 1.165) is 31.2 Å². The van der Waals surface area contributed by atoms with Crippen molar-refractivity contribution in [2.24, 2.45) is 4.99 Å². The smallest absolute Gasteiger partial charge is 0.216 e. The van der Waals surface area contributed by atoms with E-state index in [-0.39, 0.29) is 24.0 Å². The third-order valence-electron chi connectivity index (χ3n) is 3.59. The zero-order valence-corrected chi connectivity index (χ0v) is 18.0. The van der Waals surface area contributed by atoms with Crippen molar-refractivity contribution in [2.75, 3.05) is 19.7 Å². The lowest BCUT2D eigenvalue weighted by Crippen LogP contribution is -2.38. The van der Waals surface area contributed by atoms with Crippen LogP contribution in [0.25, 0.3) is 11.6 Å². The molecule has 0 saturated carbocycles. The second kappa shape index (κ2) is 12.2. The molecule has 0 aliphatic rings. The van der Waals surface area contributed by atoms with Crippen molar-refractivity contribution in [3.63, 3.8) is 0 Å². The van der Waals surface area contributed by atoms with E-state index in [1.807, 2.05) is 25.1 Å². The van der Waals surface area contributed by atoms with E-state index in [1.165, 1.54) is 0 Å². The Morgan fingerprint density at radius 2 is 2.07 bits per heavy atom. The molecule has 0 aliphatic carbocycles. The normalized spacial score (nSPS) is 11.2. The van der Waals surface area contributed by atoms with Crippen LogP contribution in [-0.4, -0.2) is 40.8 Å². The Hall–Kier alpha value is -2.34. The van der Waals surface area contributed by atoms with Gasteiger partial charge in [0.25, 0.3) is 0 Å². The summed E-state index contributed by atoms with van der Waals surface area (Å²) in [4.78, 5) is 8.89. The highest BCUT2D eigenvalue weighted by Crippen LogP contribution is 2.14. The number of halogens is 1. The fourth-order valence-corrected chi connectivity index (χ4v) is 2.33. The Bertz CT molecular complexity index is 801. The van der Waals surface area contributed by atoms with E-state index in [1.54, 1.807) is 18.6 Å². The fourth-order valence-electron chi connectivity index (χ4n) is 2.33. The molecule has 0 radical (unpaired) electrons. The lowest BCUT2D eigenvalue weighted by atomic mass is 10.4. The van der Waals surface area contributed by atoms with Gasteiger partial charge in [0, 0.05) is 19.7 Å². The molecule has 0 bridgehead atoms. The van der Waals surface area contributed by atoms with Gasteiger partial charge in [0.05, 0.1) is 12.5 Å². The van der Waals surface area contributed by atoms with Crippen molar-refractivity contribution in [1.82, 2.24) is 25.8 Å². The summed E-state index contributed by atoms with van der Waals surface area (Å²) in [6, 6.07) is 7.37. The maximum atomic E-state index is 5.56. The fraction of sp³-hybridized carbons (Fsp3) is 0.389. The molecule has 0 unspecified atom stereocenters. The van der Waals surface area contributed by atoms with Crippen LogP contribution in [0.2, 0.25) is 0 Å². The van der Waals surface area contributed by atoms with Crippen LogP contribution in [-0.2, 0) is 17.9 Å². The molecule has 0 saturated heterocycles. The predicted octanol–water partition coefficient (Wildman–Crippen LogP) is 2.94. The van der Waals surface area contributed by atoms with Gasteiger partial charge in [0.15, 0.2) is 11.7 Å². The lowest BCUT2D eigenvalue weighted by molar-refractivity contribution is 0.105. The van der Waals surface area contributed by atoms with E-state index in [9.17, 15) is 0 Å². The molecule has 3 aromatic rings. The maximum Gasteiger partial charge on any atom is 0.216 e. The summed E-state index contributed by atoms with van der Waals surface area (Å²) in [6.45, 7) is 5.06. The first kappa shape index (κ1) is 22.0. The highest BCUT2D eigenvalue weighted by atomic mass is 127. The number of rotatable bonds is 10. The van der Waals surface area contributed by atoms with Crippen LogP contribution in [0.4, 0.5) is 0 Å². The minimum absolute atomic E-state index is 0. The molecule has 10 heteroatoms. The number of furan rings is 2. The number of ether oxygens (including phenoxy) is 1. The summed E-state index contributed by atoms with van der Waals surface area (Å²) in [5.41, 5.74) is 0. The molecule has 0 aliphatic heterocycles. The number of nitrogens with zero attached hydrogens (tertiary/aromatic N) is 3. The van der Waals surface area contributed by atoms with Crippen LogP contribution < -0.4 is 10.6 Å². The average Bonchev–Trinajstić information content (AvgIpc) is 3.44. The van der Waals surface area contributed by atoms with Gasteiger partial charge < -0.3 is 24.2 Å². The van der Waals surface area contributed by atoms with Gasteiger partial charge in [0.1, 0.15) is 24.7 Å². The number of aromatic nitrogens is 3. The summed E-state index contributed by atoms with van der Waals surface area (Å²) >= 11 is 0. The summed E-state index contributed by atoms with van der Waals surface area (Å²) in [5.74, 6) is 3.37. The highest BCUT2D eigenvalue weighted by molar-refractivity contribution is 14.0. The summed E-state index contributed by atoms with van der Waals surface area (Å²) < 4.78 is 16.1. The van der Waals surface area contributed by atoms with E-state index in [0.29, 0.717) is 37.2 Å². The van der Waals surface area contributed by atoms with Crippen molar-refractivity contribution in [3.8, 4) is 11.6 Å². The molecule has 0 fully saturated rings. The number of guanidine groups is 1. The Kier molecular flexibility index (Phi) is 9.55. The first-order valence-corrected chi connectivity index (χ1v) is 8.92. The number of aromatic amines is 1. The van der Waals surface area contributed by atoms with Crippen LogP contribution in [0.5, 0.6) is 0 Å². The molecule has 0 atom stereocenters. The van der Waals surface area contributed by atoms with Gasteiger partial charge in [-0.1, -0.05) is 0 Å². The summed E-state index contributed by atoms with van der Waals surface area (Å²) in [5, 5.41) is 13.5. The third-order valence-corrected chi connectivity index (χ3v) is 3.59. The molecular formula is C18H25IN6O3. The first-order valence-electron chi connectivity index (χ1n) is 8.92. The molecule has 28 heavy (non-hydrogen) atoms. The molecule has 0 amide bonds. The molecule has 3 aromatic heterocycles. The molecular weight excluding hydrogens is 475 g/mol. The molecule has 3 heterocycles. The zero-order valence-electron chi connectivity index (χ0n) is 15.7. The largest absolute Gasteiger partial charge is 0.467 e. The Balaban J connectivity index is 0.00000280. The van der Waals surface area contributed by atoms with Crippen molar-refractivity contribution >= 4 is 29.9 Å². The van der Waals surface area contributed by atoms with Gasteiger partial charge >= 0.3 is 0 Å². The molecule has 0 spiro atoms. The Labute approximate surface area is 180 Å². The minimum atomic E-state index is 0.